The van der Waals surface area contributed by atoms with Crippen LogP contribution in [0.25, 0.3) is 0 Å². The van der Waals surface area contributed by atoms with Gasteiger partial charge in [0, 0.05) is 0 Å². The summed E-state index contributed by atoms with van der Waals surface area (Å²) in [5, 5.41) is 32.6. The molecular formula is C4H10Li2O13Ti. The average molecular weight is 328 g/mol. The molecular weight excluding hydrogens is 318 g/mol. The zero-order valence-corrected chi connectivity index (χ0v) is 11.8. The van der Waals surface area contributed by atoms with Gasteiger partial charge >= 0.3 is 73.4 Å². The first-order valence-electron chi connectivity index (χ1n) is 2.38. The van der Waals surface area contributed by atoms with Crippen LogP contribution in [0.15, 0.2) is 0 Å². The Labute approximate surface area is 146 Å². The number of hydrogen-bond donors (Lipinski definition) is 2. The van der Waals surface area contributed by atoms with Crippen molar-refractivity contribution in [2.75, 3.05) is 0 Å². The Morgan fingerprint density at radius 3 is 0.700 bits per heavy atom. The molecule has 0 atom stereocenters. The van der Waals surface area contributed by atoms with E-state index >= 15 is 0 Å². The van der Waals surface area contributed by atoms with Crippen LogP contribution in [0.5, 0.6) is 0 Å². The van der Waals surface area contributed by atoms with Gasteiger partial charge < -0.3 is 51.9 Å². The van der Waals surface area contributed by atoms with Gasteiger partial charge in [-0.25, -0.2) is 9.59 Å². The summed E-state index contributed by atoms with van der Waals surface area (Å²) < 4.78 is 8.25. The molecule has 0 heterocycles. The predicted octanol–water partition coefficient (Wildman–Crippen LogP) is -13.8. The van der Waals surface area contributed by atoms with Crippen molar-refractivity contribution in [3.8, 4) is 0 Å². The van der Waals surface area contributed by atoms with Crippen molar-refractivity contribution in [1.29, 1.82) is 0 Å². The Hall–Kier alpha value is -0.571. The van der Waals surface area contributed by atoms with Crippen molar-refractivity contribution in [2.45, 2.75) is 0 Å². The van der Waals surface area contributed by atoms with Gasteiger partial charge in [0.05, 0.1) is 0 Å². The van der Waals surface area contributed by atoms with Crippen LogP contribution in [-0.2, 0) is 42.9 Å². The van der Waals surface area contributed by atoms with E-state index in [1.807, 2.05) is 0 Å². The Kier molecular flexibility index (Phi) is 130. The summed E-state index contributed by atoms with van der Waals surface area (Å²) in [5.74, 6) is -8.02. The van der Waals surface area contributed by atoms with E-state index in [4.69, 9.17) is 42.9 Å². The van der Waals surface area contributed by atoms with Crippen molar-refractivity contribution in [1.82, 2.24) is 0 Å². The number of carbonyl (C=O) groups is 4. The van der Waals surface area contributed by atoms with E-state index in [1.54, 1.807) is 0 Å². The molecule has 0 rings (SSSR count). The van der Waals surface area contributed by atoms with Crippen molar-refractivity contribution < 1.29 is 123 Å². The number of carbonyl (C=O) groups excluding carboxylic acids is 2. The van der Waals surface area contributed by atoms with Gasteiger partial charge in [-0.1, -0.05) is 0 Å². The Balaban J connectivity index is -0.0000000121. The number of carboxylic acids is 4. The molecule has 0 saturated carbocycles. The van der Waals surface area contributed by atoms with E-state index in [2.05, 4.69) is 0 Å². The number of hydrogen-bond acceptors (Lipinski definition) is 7. The summed E-state index contributed by atoms with van der Waals surface area (Å²) in [5.41, 5.74) is 0. The van der Waals surface area contributed by atoms with Gasteiger partial charge in [0.15, 0.2) is 11.9 Å². The van der Waals surface area contributed by atoms with Crippen LogP contribution < -0.4 is 47.9 Å². The topological polar surface area (TPSA) is 298 Å². The Morgan fingerprint density at radius 1 is 0.650 bits per heavy atom. The summed E-state index contributed by atoms with van der Waals surface area (Å²) in [6.07, 6.45) is 0. The van der Waals surface area contributed by atoms with E-state index in [9.17, 15) is 0 Å². The second kappa shape index (κ2) is 42.9. The minimum atomic E-state index is -2.07. The monoisotopic (exact) mass is 328 g/mol. The molecule has 10 N–H and O–H groups in total. The van der Waals surface area contributed by atoms with Gasteiger partial charge in [0.2, 0.25) is 0 Å². The predicted molar refractivity (Wildman–Crippen MR) is 40.4 cm³/mol. The molecule has 0 amide bonds. The number of rotatable bonds is 0. The molecule has 0 aliphatic rings. The SMILES string of the molecule is O.O.O.O.O=C([O-])C(=O)O.O=C([O-])C(=O)O.[Li+].[Li+].[O]=[Ti]. The van der Waals surface area contributed by atoms with Gasteiger partial charge in [-0.2, -0.15) is 0 Å². The fraction of sp³-hybridized carbons (Fsp3) is 0. The van der Waals surface area contributed by atoms with Crippen molar-refractivity contribution in [3.63, 3.8) is 0 Å². The van der Waals surface area contributed by atoms with E-state index in [0.717, 1.165) is 20.4 Å². The second-order valence-electron chi connectivity index (χ2n) is 1.19. The molecule has 16 heteroatoms. The zero-order chi connectivity index (χ0) is 12.3. The van der Waals surface area contributed by atoms with Crippen LogP contribution in [0.1, 0.15) is 0 Å². The van der Waals surface area contributed by atoms with Gasteiger partial charge in [0.1, 0.15) is 0 Å². The van der Waals surface area contributed by atoms with E-state index in [0.29, 0.717) is 0 Å². The van der Waals surface area contributed by atoms with Crippen LogP contribution in [0.3, 0.4) is 0 Å². The summed E-state index contributed by atoms with van der Waals surface area (Å²) >= 11 is 0.750. The fourth-order valence-corrected chi connectivity index (χ4v) is 0. The third kappa shape index (κ3) is 85.2. The quantitative estimate of drug-likeness (QED) is 0.314. The summed E-state index contributed by atoms with van der Waals surface area (Å²) in [6, 6.07) is 0. The molecule has 0 unspecified atom stereocenters. The molecule has 0 aromatic heterocycles. The van der Waals surface area contributed by atoms with Crippen LogP contribution in [0.2, 0.25) is 0 Å². The maximum absolute atomic E-state index is 9.04. The van der Waals surface area contributed by atoms with Crippen molar-refractivity contribution in [3.05, 3.63) is 0 Å². The summed E-state index contributed by atoms with van der Waals surface area (Å²) in [7, 11) is 0. The van der Waals surface area contributed by atoms with Crippen LogP contribution in [0.4, 0.5) is 0 Å². The first-order valence-corrected chi connectivity index (χ1v) is 3.01. The Morgan fingerprint density at radius 2 is 0.700 bits per heavy atom. The molecule has 0 saturated heterocycles. The Bertz CT molecular complexity index is 197. The first-order chi connectivity index (χ1) is 6.29. The van der Waals surface area contributed by atoms with E-state index in [1.165, 1.54) is 0 Å². The molecule has 0 bridgehead atoms. The molecule has 13 nitrogen and oxygen atoms in total. The normalized spacial score (nSPS) is 4.55. The number of aliphatic carboxylic acids is 4. The molecule has 0 aliphatic heterocycles. The van der Waals surface area contributed by atoms with Gasteiger partial charge in [-0.15, -0.1) is 0 Å². The minimum absolute atomic E-state index is 0. The maximum atomic E-state index is 9.04. The average Bonchev–Trinajstić information content (AvgIpc) is 2.08. The fourth-order valence-electron chi connectivity index (χ4n) is 0. The van der Waals surface area contributed by atoms with Gasteiger partial charge in [-0.3, -0.25) is 0 Å². The van der Waals surface area contributed by atoms with Gasteiger partial charge in [0.25, 0.3) is 0 Å². The van der Waals surface area contributed by atoms with Crippen LogP contribution >= 0.6 is 0 Å². The second-order valence-corrected chi connectivity index (χ2v) is 1.19. The van der Waals surface area contributed by atoms with Crippen molar-refractivity contribution >= 4 is 23.9 Å². The summed E-state index contributed by atoms with van der Waals surface area (Å²) in [4.78, 5) is 36.1. The van der Waals surface area contributed by atoms with E-state index in [-0.39, 0.29) is 59.6 Å². The third-order valence-electron chi connectivity index (χ3n) is 0.349. The van der Waals surface area contributed by atoms with Crippen LogP contribution in [-0.4, -0.2) is 56.0 Å². The molecule has 0 radical (unpaired) electrons. The molecule has 0 aliphatic carbocycles. The molecule has 0 fully saturated rings. The van der Waals surface area contributed by atoms with E-state index < -0.39 is 23.9 Å². The standard InChI is InChI=1S/2C2H2O4.2Li.4H2O.O.Ti/c2*3-1(4)2(5)6;;;;;;;;/h2*(H,3,4)(H,5,6);;;4*1H2;;/q;;2*+1;;;;;;/p-2. The van der Waals surface area contributed by atoms with Gasteiger partial charge in [-0.05, 0) is 0 Å². The first kappa shape index (κ1) is 60.7. The number of carboxylic acid groups (broad SMARTS) is 4. The molecule has 0 aromatic carbocycles. The molecule has 20 heavy (non-hydrogen) atoms. The molecule has 0 spiro atoms. The molecule has 110 valence electrons. The van der Waals surface area contributed by atoms with Crippen molar-refractivity contribution in [2.24, 2.45) is 0 Å². The van der Waals surface area contributed by atoms with Crippen LogP contribution in [0, 0.1) is 0 Å². The zero-order valence-electron chi connectivity index (χ0n) is 10.3. The summed E-state index contributed by atoms with van der Waals surface area (Å²) in [6.45, 7) is 0. The molecule has 0 aromatic rings. The third-order valence-corrected chi connectivity index (χ3v) is 0.349.